The van der Waals surface area contributed by atoms with Gasteiger partial charge in [-0.2, -0.15) is 0 Å². The molecule has 2 aliphatic rings. The number of piperazine rings is 1. The van der Waals surface area contributed by atoms with Crippen molar-refractivity contribution in [2.75, 3.05) is 37.6 Å². The number of nitrogens with zero attached hydrogens (tertiary/aromatic N) is 3. The van der Waals surface area contributed by atoms with Crippen molar-refractivity contribution in [3.8, 4) is 0 Å². The van der Waals surface area contributed by atoms with Crippen LogP contribution in [-0.2, 0) is 4.79 Å². The Morgan fingerprint density at radius 2 is 1.48 bits per heavy atom. The average molecular weight is 412 g/mol. The number of ketones is 1. The highest BCUT2D eigenvalue weighted by Crippen LogP contribution is 2.27. The standard InChI is InChI=1S/C22H22ClN3O3/c1-15(26-21(28)16-6-2-3-7-17(16)22(26)29)20(27)14-24-10-12-25(13-11-24)19-9-5-4-8-18(19)23/h2-9,15H,10-14H2,1H3. The molecular formula is C22H22ClN3O3. The Balaban J connectivity index is 1.36. The molecule has 2 aromatic rings. The van der Waals surface area contributed by atoms with Gasteiger partial charge in [-0.25, -0.2) is 0 Å². The number of hydrogen-bond acceptors (Lipinski definition) is 5. The molecule has 2 heterocycles. The van der Waals surface area contributed by atoms with Crippen LogP contribution in [0.2, 0.25) is 5.02 Å². The van der Waals surface area contributed by atoms with E-state index < -0.39 is 17.9 Å². The van der Waals surface area contributed by atoms with Crippen LogP contribution in [0, 0.1) is 0 Å². The average Bonchev–Trinajstić information content (AvgIpc) is 2.99. The highest BCUT2D eigenvalue weighted by atomic mass is 35.5. The second kappa shape index (κ2) is 7.97. The monoisotopic (exact) mass is 411 g/mol. The number of fused-ring (bicyclic) bond motifs is 1. The molecule has 0 radical (unpaired) electrons. The predicted octanol–water partition coefficient (Wildman–Crippen LogP) is 2.72. The topological polar surface area (TPSA) is 60.9 Å². The van der Waals surface area contributed by atoms with Gasteiger partial charge in [0.25, 0.3) is 11.8 Å². The molecule has 7 heteroatoms. The zero-order valence-corrected chi connectivity index (χ0v) is 16.9. The number of Topliss-reactive ketones (excluding diaryl/α,β-unsaturated/α-hetero) is 1. The number of carbonyl (C=O) groups excluding carboxylic acids is 3. The van der Waals surface area contributed by atoms with Crippen LogP contribution in [0.15, 0.2) is 48.5 Å². The Kier molecular flexibility index (Phi) is 5.39. The van der Waals surface area contributed by atoms with E-state index in [1.54, 1.807) is 31.2 Å². The van der Waals surface area contributed by atoms with Gasteiger partial charge < -0.3 is 4.90 Å². The fraction of sp³-hybridized carbons (Fsp3) is 0.318. The molecule has 0 aliphatic carbocycles. The fourth-order valence-corrected chi connectivity index (χ4v) is 4.17. The molecule has 2 aromatic carbocycles. The number of carbonyl (C=O) groups is 3. The van der Waals surface area contributed by atoms with Gasteiger partial charge in [0.15, 0.2) is 5.78 Å². The maximum absolute atomic E-state index is 12.8. The lowest BCUT2D eigenvalue weighted by atomic mass is 10.1. The van der Waals surface area contributed by atoms with Crippen molar-refractivity contribution >= 4 is 34.9 Å². The molecule has 1 saturated heterocycles. The fourth-order valence-electron chi connectivity index (χ4n) is 3.91. The van der Waals surface area contributed by atoms with Gasteiger partial charge in [-0.3, -0.25) is 24.2 Å². The number of benzene rings is 2. The molecule has 1 fully saturated rings. The van der Waals surface area contributed by atoms with Crippen molar-refractivity contribution in [1.29, 1.82) is 0 Å². The Labute approximate surface area is 174 Å². The lowest BCUT2D eigenvalue weighted by Crippen LogP contribution is -2.51. The highest BCUT2D eigenvalue weighted by molar-refractivity contribution is 6.33. The summed E-state index contributed by atoms with van der Waals surface area (Å²) in [5.41, 5.74) is 1.73. The summed E-state index contributed by atoms with van der Waals surface area (Å²) in [7, 11) is 0. The molecule has 0 saturated carbocycles. The summed E-state index contributed by atoms with van der Waals surface area (Å²) in [6.07, 6.45) is 0. The zero-order chi connectivity index (χ0) is 20.5. The molecule has 0 N–H and O–H groups in total. The van der Waals surface area contributed by atoms with E-state index in [4.69, 9.17) is 11.6 Å². The molecule has 0 aromatic heterocycles. The summed E-state index contributed by atoms with van der Waals surface area (Å²) < 4.78 is 0. The van der Waals surface area contributed by atoms with Crippen LogP contribution in [0.25, 0.3) is 0 Å². The van der Waals surface area contributed by atoms with Crippen LogP contribution in [0.1, 0.15) is 27.6 Å². The minimum absolute atomic E-state index is 0.134. The van der Waals surface area contributed by atoms with Crippen molar-refractivity contribution < 1.29 is 14.4 Å². The Morgan fingerprint density at radius 1 is 0.931 bits per heavy atom. The SMILES string of the molecule is CC(C(=O)CN1CCN(c2ccccc2Cl)CC1)N1C(=O)c2ccccc2C1=O. The maximum Gasteiger partial charge on any atom is 0.262 e. The highest BCUT2D eigenvalue weighted by Gasteiger charge is 2.40. The molecule has 2 amide bonds. The van der Waals surface area contributed by atoms with Crippen LogP contribution in [-0.4, -0.2) is 66.2 Å². The van der Waals surface area contributed by atoms with Crippen LogP contribution >= 0.6 is 11.6 Å². The van der Waals surface area contributed by atoms with Crippen LogP contribution in [0.5, 0.6) is 0 Å². The van der Waals surface area contributed by atoms with E-state index in [1.807, 2.05) is 24.3 Å². The first-order valence-electron chi connectivity index (χ1n) is 9.69. The minimum Gasteiger partial charge on any atom is -0.368 e. The quantitative estimate of drug-likeness (QED) is 0.708. The largest absolute Gasteiger partial charge is 0.368 e. The molecule has 4 rings (SSSR count). The molecule has 6 nitrogen and oxygen atoms in total. The summed E-state index contributed by atoms with van der Waals surface area (Å²) in [6.45, 7) is 4.80. The zero-order valence-electron chi connectivity index (χ0n) is 16.2. The summed E-state index contributed by atoms with van der Waals surface area (Å²) in [6, 6.07) is 13.6. The van der Waals surface area contributed by atoms with Gasteiger partial charge in [0.1, 0.15) is 0 Å². The Hall–Kier alpha value is -2.70. The number of hydrogen-bond donors (Lipinski definition) is 0. The molecule has 150 valence electrons. The Morgan fingerprint density at radius 3 is 2.07 bits per heavy atom. The van der Waals surface area contributed by atoms with Gasteiger partial charge in [0.2, 0.25) is 0 Å². The third-order valence-corrected chi connectivity index (χ3v) is 5.94. The second-order valence-corrected chi connectivity index (χ2v) is 7.79. The number of halogens is 1. The van der Waals surface area contributed by atoms with Gasteiger partial charge in [0.05, 0.1) is 34.4 Å². The first-order valence-corrected chi connectivity index (χ1v) is 10.1. The Bertz CT molecular complexity index is 934. The van der Waals surface area contributed by atoms with E-state index in [-0.39, 0.29) is 12.3 Å². The number of rotatable bonds is 5. The van der Waals surface area contributed by atoms with E-state index in [1.165, 1.54) is 0 Å². The van der Waals surface area contributed by atoms with E-state index in [0.717, 1.165) is 28.7 Å². The number of amides is 2. The number of anilines is 1. The molecule has 1 unspecified atom stereocenters. The number of imide groups is 1. The molecule has 0 spiro atoms. The van der Waals surface area contributed by atoms with Gasteiger partial charge in [0, 0.05) is 26.2 Å². The lowest BCUT2D eigenvalue weighted by molar-refractivity contribution is -0.123. The molecular weight excluding hydrogens is 390 g/mol. The van der Waals surface area contributed by atoms with E-state index in [0.29, 0.717) is 24.2 Å². The molecule has 1 atom stereocenters. The molecule has 0 bridgehead atoms. The van der Waals surface area contributed by atoms with Gasteiger partial charge in [-0.05, 0) is 31.2 Å². The van der Waals surface area contributed by atoms with Gasteiger partial charge in [-0.1, -0.05) is 35.9 Å². The third kappa shape index (κ3) is 3.66. The van der Waals surface area contributed by atoms with Crippen molar-refractivity contribution in [2.45, 2.75) is 13.0 Å². The maximum atomic E-state index is 12.8. The predicted molar refractivity (Wildman–Crippen MR) is 112 cm³/mol. The summed E-state index contributed by atoms with van der Waals surface area (Å²) in [5.74, 6) is -0.921. The van der Waals surface area contributed by atoms with E-state index in [9.17, 15) is 14.4 Å². The van der Waals surface area contributed by atoms with Crippen molar-refractivity contribution in [1.82, 2.24) is 9.80 Å². The minimum atomic E-state index is -0.788. The molecule has 2 aliphatic heterocycles. The van der Waals surface area contributed by atoms with Crippen molar-refractivity contribution in [3.63, 3.8) is 0 Å². The second-order valence-electron chi connectivity index (χ2n) is 7.38. The smallest absolute Gasteiger partial charge is 0.262 e. The van der Waals surface area contributed by atoms with E-state index in [2.05, 4.69) is 9.80 Å². The number of para-hydroxylation sites is 1. The molecule has 29 heavy (non-hydrogen) atoms. The van der Waals surface area contributed by atoms with Crippen LogP contribution in [0.3, 0.4) is 0 Å². The summed E-state index contributed by atoms with van der Waals surface area (Å²) in [5, 5.41) is 0.719. The first-order chi connectivity index (χ1) is 14.0. The van der Waals surface area contributed by atoms with Gasteiger partial charge >= 0.3 is 0 Å². The van der Waals surface area contributed by atoms with Crippen LogP contribution < -0.4 is 4.90 Å². The summed E-state index contributed by atoms with van der Waals surface area (Å²) in [4.78, 5) is 43.4. The lowest BCUT2D eigenvalue weighted by Gasteiger charge is -2.36. The van der Waals surface area contributed by atoms with Crippen LogP contribution in [0.4, 0.5) is 5.69 Å². The van der Waals surface area contributed by atoms with Crippen molar-refractivity contribution in [3.05, 3.63) is 64.7 Å². The summed E-state index contributed by atoms with van der Waals surface area (Å²) >= 11 is 6.28. The normalized spacial score (nSPS) is 18.1. The van der Waals surface area contributed by atoms with Crippen molar-refractivity contribution in [2.24, 2.45) is 0 Å². The van der Waals surface area contributed by atoms with Gasteiger partial charge in [-0.15, -0.1) is 0 Å². The first kappa shape index (κ1) is 19.6. The third-order valence-electron chi connectivity index (χ3n) is 5.62. The van der Waals surface area contributed by atoms with E-state index >= 15 is 0 Å².